The van der Waals surface area contributed by atoms with Crippen molar-refractivity contribution in [1.82, 2.24) is 10.6 Å². The summed E-state index contributed by atoms with van der Waals surface area (Å²) in [5.41, 5.74) is 6.39. The molecule has 2 unspecified atom stereocenters. The van der Waals surface area contributed by atoms with Crippen LogP contribution in [0.3, 0.4) is 0 Å². The first-order valence-electron chi connectivity index (χ1n) is 10.7. The van der Waals surface area contributed by atoms with Crippen LogP contribution in [0.15, 0.2) is 6.07 Å². The lowest BCUT2D eigenvalue weighted by molar-refractivity contribution is -0.155. The predicted molar refractivity (Wildman–Crippen MR) is 145 cm³/mol. The molecule has 0 aromatic heterocycles. The molecule has 0 aliphatic heterocycles. The molecule has 13 nitrogen and oxygen atoms in total. The predicted octanol–water partition coefficient (Wildman–Crippen LogP) is 0.927. The number of hydrogen-bond acceptors (Lipinski definition) is 11. The standard InChI is InChI=1S/C22H27I2N3O10/c1-10(28)34-8-14(36-12(3)30)6-26-21(32)16-5-17(25)20(24)18(19(16)23)22(33)27-7-15(37-13(4)31)9-35-11(2)29/h5,14-15H,6-9,25H2,1-4H3,(H,26,32)(H,27,33). The molecule has 4 N–H and O–H groups in total. The second-order valence-electron chi connectivity index (χ2n) is 7.50. The van der Waals surface area contributed by atoms with Crippen molar-refractivity contribution in [3.8, 4) is 0 Å². The monoisotopic (exact) mass is 747 g/mol. The summed E-state index contributed by atoms with van der Waals surface area (Å²) in [6, 6.07) is 1.39. The number of amides is 2. The number of esters is 4. The molecule has 15 heteroatoms. The number of ether oxygens (including phenoxy) is 4. The van der Waals surface area contributed by atoms with E-state index in [1.165, 1.54) is 33.8 Å². The van der Waals surface area contributed by atoms with E-state index in [2.05, 4.69) is 10.6 Å². The number of rotatable bonds is 12. The number of carbonyl (C=O) groups is 6. The van der Waals surface area contributed by atoms with Crippen molar-refractivity contribution in [2.75, 3.05) is 32.0 Å². The van der Waals surface area contributed by atoms with E-state index < -0.39 is 47.9 Å². The second-order valence-corrected chi connectivity index (χ2v) is 9.66. The van der Waals surface area contributed by atoms with E-state index >= 15 is 0 Å². The Balaban J connectivity index is 3.06. The normalized spacial score (nSPS) is 11.9. The zero-order valence-electron chi connectivity index (χ0n) is 20.5. The summed E-state index contributed by atoms with van der Waals surface area (Å²) in [6.45, 7) is 3.87. The molecule has 0 radical (unpaired) electrons. The number of halogens is 2. The van der Waals surface area contributed by atoms with Gasteiger partial charge in [0.05, 0.1) is 24.2 Å². The number of benzene rings is 1. The van der Waals surface area contributed by atoms with E-state index in [-0.39, 0.29) is 46.7 Å². The number of hydrogen-bond donors (Lipinski definition) is 3. The zero-order valence-corrected chi connectivity index (χ0v) is 24.8. The molecule has 0 fully saturated rings. The highest BCUT2D eigenvalue weighted by atomic mass is 127. The van der Waals surface area contributed by atoms with Gasteiger partial charge in [-0.25, -0.2) is 0 Å². The fraction of sp³-hybridized carbons (Fsp3) is 0.455. The van der Waals surface area contributed by atoms with Gasteiger partial charge in [0.25, 0.3) is 11.8 Å². The van der Waals surface area contributed by atoms with Crippen molar-refractivity contribution in [2.45, 2.75) is 39.9 Å². The van der Waals surface area contributed by atoms with Crippen LogP contribution in [0.25, 0.3) is 0 Å². The third-order valence-electron chi connectivity index (χ3n) is 4.29. The number of nitrogens with two attached hydrogens (primary N) is 1. The van der Waals surface area contributed by atoms with Gasteiger partial charge in [-0.15, -0.1) is 0 Å². The molecular weight excluding hydrogens is 720 g/mol. The average Bonchev–Trinajstić information content (AvgIpc) is 2.78. The van der Waals surface area contributed by atoms with Gasteiger partial charge >= 0.3 is 23.9 Å². The summed E-state index contributed by atoms with van der Waals surface area (Å²) in [5.74, 6) is -3.64. The Hall–Kier alpha value is -2.70. The van der Waals surface area contributed by atoms with Gasteiger partial charge in [-0.3, -0.25) is 28.8 Å². The lowest BCUT2D eigenvalue weighted by Gasteiger charge is -2.20. The first-order chi connectivity index (χ1) is 17.2. The molecule has 2 amide bonds. The molecule has 2 atom stereocenters. The van der Waals surface area contributed by atoms with Crippen LogP contribution in [-0.2, 0) is 38.1 Å². The van der Waals surface area contributed by atoms with Gasteiger partial charge in [0, 0.05) is 40.5 Å². The molecule has 1 aromatic carbocycles. The summed E-state index contributed by atoms with van der Waals surface area (Å²) in [6.07, 6.45) is -1.86. The molecule has 1 aromatic rings. The van der Waals surface area contributed by atoms with Gasteiger partial charge in [-0.1, -0.05) is 0 Å². The highest BCUT2D eigenvalue weighted by Crippen LogP contribution is 2.28. The van der Waals surface area contributed by atoms with E-state index in [0.29, 0.717) is 3.57 Å². The molecule has 0 aliphatic rings. The number of carbonyl (C=O) groups excluding carboxylic acids is 6. The Morgan fingerprint density at radius 3 is 1.59 bits per heavy atom. The van der Waals surface area contributed by atoms with Crippen LogP contribution in [0, 0.1) is 7.14 Å². The minimum Gasteiger partial charge on any atom is -0.462 e. The number of nitrogens with one attached hydrogen (secondary N) is 2. The van der Waals surface area contributed by atoms with Crippen LogP contribution in [-0.4, -0.2) is 74.2 Å². The Morgan fingerprint density at radius 1 is 0.757 bits per heavy atom. The zero-order chi connectivity index (χ0) is 28.3. The fourth-order valence-electron chi connectivity index (χ4n) is 2.78. The van der Waals surface area contributed by atoms with Crippen molar-refractivity contribution in [3.05, 3.63) is 24.3 Å². The second kappa shape index (κ2) is 15.5. The summed E-state index contributed by atoms with van der Waals surface area (Å²) in [7, 11) is 0. The maximum Gasteiger partial charge on any atom is 0.303 e. The third-order valence-corrected chi connectivity index (χ3v) is 6.57. The van der Waals surface area contributed by atoms with Crippen molar-refractivity contribution in [3.63, 3.8) is 0 Å². The Morgan fingerprint density at radius 2 is 1.19 bits per heavy atom. The lowest BCUT2D eigenvalue weighted by atomic mass is 10.1. The smallest absolute Gasteiger partial charge is 0.303 e. The summed E-state index contributed by atoms with van der Waals surface area (Å²) in [4.78, 5) is 70.7. The molecule has 204 valence electrons. The van der Waals surface area contributed by atoms with E-state index in [4.69, 9.17) is 24.7 Å². The Bertz CT molecular complexity index is 1060. The van der Waals surface area contributed by atoms with E-state index in [1.54, 1.807) is 0 Å². The van der Waals surface area contributed by atoms with Crippen LogP contribution in [0.4, 0.5) is 5.69 Å². The van der Waals surface area contributed by atoms with E-state index in [9.17, 15) is 28.8 Å². The largest absolute Gasteiger partial charge is 0.462 e. The maximum absolute atomic E-state index is 13.0. The average molecular weight is 747 g/mol. The highest BCUT2D eigenvalue weighted by Gasteiger charge is 2.25. The van der Waals surface area contributed by atoms with Crippen LogP contribution in [0.1, 0.15) is 48.4 Å². The summed E-state index contributed by atoms with van der Waals surface area (Å²) >= 11 is 3.69. The summed E-state index contributed by atoms with van der Waals surface area (Å²) in [5, 5.41) is 5.17. The van der Waals surface area contributed by atoms with Crippen molar-refractivity contribution >= 4 is 86.6 Å². The molecule has 0 saturated carbocycles. The Kier molecular flexibility index (Phi) is 13.6. The number of nitrogen functional groups attached to an aromatic ring is 1. The van der Waals surface area contributed by atoms with Crippen molar-refractivity contribution < 1.29 is 47.7 Å². The molecular formula is C22H27I2N3O10. The lowest BCUT2D eigenvalue weighted by Crippen LogP contribution is -2.39. The maximum atomic E-state index is 13.0. The van der Waals surface area contributed by atoms with Gasteiger partial charge in [-0.2, -0.15) is 0 Å². The summed E-state index contributed by atoms with van der Waals surface area (Å²) < 4.78 is 20.5. The van der Waals surface area contributed by atoms with Gasteiger partial charge in [-0.05, 0) is 51.2 Å². The number of anilines is 1. The topological polar surface area (TPSA) is 189 Å². The molecule has 0 saturated heterocycles. The van der Waals surface area contributed by atoms with Gasteiger partial charge < -0.3 is 35.3 Å². The van der Waals surface area contributed by atoms with E-state index in [1.807, 2.05) is 45.2 Å². The third kappa shape index (κ3) is 11.5. The Labute approximate surface area is 240 Å². The van der Waals surface area contributed by atoms with Crippen LogP contribution in [0.5, 0.6) is 0 Å². The molecule has 0 bridgehead atoms. The van der Waals surface area contributed by atoms with Crippen molar-refractivity contribution in [1.29, 1.82) is 0 Å². The quantitative estimate of drug-likeness (QED) is 0.119. The van der Waals surface area contributed by atoms with Crippen molar-refractivity contribution in [2.24, 2.45) is 0 Å². The van der Waals surface area contributed by atoms with Gasteiger partial charge in [0.15, 0.2) is 12.2 Å². The molecule has 0 spiro atoms. The SMILES string of the molecule is CC(=O)OCC(CNC(=O)c1cc(N)c(I)c(C(=O)NCC(COC(C)=O)OC(C)=O)c1I)OC(C)=O. The molecule has 0 heterocycles. The van der Waals surface area contributed by atoms with Gasteiger partial charge in [0.1, 0.15) is 13.2 Å². The van der Waals surface area contributed by atoms with Crippen LogP contribution in [0.2, 0.25) is 0 Å². The van der Waals surface area contributed by atoms with Gasteiger partial charge in [0.2, 0.25) is 0 Å². The minimum absolute atomic E-state index is 0.0779. The molecule has 37 heavy (non-hydrogen) atoms. The fourth-order valence-corrected chi connectivity index (χ4v) is 4.88. The first kappa shape index (κ1) is 32.3. The van der Waals surface area contributed by atoms with E-state index in [0.717, 1.165) is 0 Å². The highest BCUT2D eigenvalue weighted by molar-refractivity contribution is 14.1. The minimum atomic E-state index is -0.931. The van der Waals surface area contributed by atoms with Crippen LogP contribution >= 0.6 is 45.2 Å². The molecule has 1 rings (SSSR count). The first-order valence-corrected chi connectivity index (χ1v) is 12.8. The molecule has 0 aliphatic carbocycles. The van der Waals surface area contributed by atoms with Crippen LogP contribution < -0.4 is 16.4 Å².